The number of benzene rings is 1. The van der Waals surface area contributed by atoms with Crippen molar-refractivity contribution in [2.45, 2.75) is 32.8 Å². The third-order valence-electron chi connectivity index (χ3n) is 4.47. The number of piperidine rings is 1. The molecule has 0 radical (unpaired) electrons. The van der Waals surface area contributed by atoms with Crippen LogP contribution in [-0.4, -0.2) is 42.2 Å². The van der Waals surface area contributed by atoms with Crippen LogP contribution in [0.15, 0.2) is 36.5 Å². The first kappa shape index (κ1) is 18.9. The van der Waals surface area contributed by atoms with Crippen LogP contribution in [0.25, 0.3) is 0 Å². The van der Waals surface area contributed by atoms with Gasteiger partial charge in [0.1, 0.15) is 5.75 Å². The van der Waals surface area contributed by atoms with E-state index < -0.39 is 0 Å². The summed E-state index contributed by atoms with van der Waals surface area (Å²) in [6, 6.07) is 9.21. The molecule has 2 aromatic rings. The van der Waals surface area contributed by atoms with E-state index in [0.29, 0.717) is 11.8 Å². The molecule has 0 aliphatic carbocycles. The van der Waals surface area contributed by atoms with Gasteiger partial charge in [0.25, 0.3) is 0 Å². The normalized spacial score (nSPS) is 14.9. The van der Waals surface area contributed by atoms with E-state index in [1.54, 1.807) is 19.4 Å². The van der Waals surface area contributed by atoms with E-state index in [1.807, 2.05) is 38.1 Å². The molecule has 0 bridgehead atoms. The minimum Gasteiger partial charge on any atom is -0.491 e. The molecule has 1 aliphatic rings. The average molecular weight is 370 g/mol. The molecule has 3 rings (SSSR count). The van der Waals surface area contributed by atoms with Gasteiger partial charge in [0.05, 0.1) is 13.2 Å². The zero-order chi connectivity index (χ0) is 19.2. The first-order valence-corrected chi connectivity index (χ1v) is 9.24. The number of hydrogen-bond donors (Lipinski definition) is 1. The first-order valence-electron chi connectivity index (χ1n) is 9.24. The fourth-order valence-electron chi connectivity index (χ4n) is 3.07. The lowest BCUT2D eigenvalue weighted by molar-refractivity contribution is -0.120. The number of rotatable bonds is 6. The van der Waals surface area contributed by atoms with Gasteiger partial charge in [0.15, 0.2) is 0 Å². The van der Waals surface area contributed by atoms with Gasteiger partial charge in [-0.2, -0.15) is 4.98 Å². The molecule has 1 fully saturated rings. The summed E-state index contributed by atoms with van der Waals surface area (Å²) in [6.45, 7) is 5.45. The quantitative estimate of drug-likeness (QED) is 0.842. The van der Waals surface area contributed by atoms with Crippen molar-refractivity contribution in [3.63, 3.8) is 0 Å². The molecule has 2 heterocycles. The molecule has 1 aromatic carbocycles. The standard InChI is InChI=1S/C20H26N4O3/c1-14(2)27-17-6-4-16(5-7-17)22-19(25)15-9-12-24(13-10-15)20-21-11-8-18(23-20)26-3/h4-8,11,14-15H,9-10,12-13H2,1-3H3,(H,22,25). The van der Waals surface area contributed by atoms with Crippen LogP contribution in [0, 0.1) is 5.92 Å². The van der Waals surface area contributed by atoms with Crippen LogP contribution in [0.3, 0.4) is 0 Å². The van der Waals surface area contributed by atoms with Gasteiger partial charge < -0.3 is 19.7 Å². The highest BCUT2D eigenvalue weighted by molar-refractivity contribution is 5.92. The van der Waals surface area contributed by atoms with Crippen molar-refractivity contribution < 1.29 is 14.3 Å². The average Bonchev–Trinajstić information content (AvgIpc) is 2.69. The van der Waals surface area contributed by atoms with E-state index in [1.165, 1.54) is 0 Å². The Hall–Kier alpha value is -2.83. The SMILES string of the molecule is COc1ccnc(N2CCC(C(=O)Nc3ccc(OC(C)C)cc3)CC2)n1. The first-order chi connectivity index (χ1) is 13.0. The van der Waals surface area contributed by atoms with Crippen LogP contribution >= 0.6 is 0 Å². The van der Waals surface area contributed by atoms with Gasteiger partial charge in [0, 0.05) is 37.0 Å². The van der Waals surface area contributed by atoms with Gasteiger partial charge >= 0.3 is 0 Å². The summed E-state index contributed by atoms with van der Waals surface area (Å²) in [5.41, 5.74) is 0.787. The second kappa shape index (κ2) is 8.70. The highest BCUT2D eigenvalue weighted by atomic mass is 16.5. The summed E-state index contributed by atoms with van der Waals surface area (Å²) >= 11 is 0. The predicted octanol–water partition coefficient (Wildman–Crippen LogP) is 3.13. The number of carbonyl (C=O) groups excluding carboxylic acids is 1. The van der Waals surface area contributed by atoms with E-state index in [-0.39, 0.29) is 17.9 Å². The van der Waals surface area contributed by atoms with Crippen molar-refractivity contribution in [2.75, 3.05) is 30.4 Å². The smallest absolute Gasteiger partial charge is 0.228 e. The van der Waals surface area contributed by atoms with Crippen molar-refractivity contribution in [2.24, 2.45) is 5.92 Å². The second-order valence-corrected chi connectivity index (χ2v) is 6.84. The summed E-state index contributed by atoms with van der Waals surface area (Å²) in [4.78, 5) is 23.3. The van der Waals surface area contributed by atoms with Gasteiger partial charge in [-0.25, -0.2) is 4.98 Å². The van der Waals surface area contributed by atoms with E-state index in [2.05, 4.69) is 20.2 Å². The minimum absolute atomic E-state index is 0.0153. The number of nitrogens with one attached hydrogen (secondary N) is 1. The Kier molecular flexibility index (Phi) is 6.11. The van der Waals surface area contributed by atoms with Gasteiger partial charge in [-0.15, -0.1) is 0 Å². The second-order valence-electron chi connectivity index (χ2n) is 6.84. The molecule has 144 valence electrons. The summed E-state index contributed by atoms with van der Waals surface area (Å²) in [7, 11) is 1.59. The number of methoxy groups -OCH3 is 1. The van der Waals surface area contributed by atoms with Gasteiger partial charge in [0.2, 0.25) is 17.7 Å². The number of nitrogens with zero attached hydrogens (tertiary/aromatic N) is 3. The molecule has 1 aromatic heterocycles. The molecule has 1 N–H and O–H groups in total. The molecule has 1 amide bonds. The van der Waals surface area contributed by atoms with Crippen molar-refractivity contribution in [3.8, 4) is 11.6 Å². The molecule has 27 heavy (non-hydrogen) atoms. The molecule has 7 heteroatoms. The Bertz CT molecular complexity index is 756. The summed E-state index contributed by atoms with van der Waals surface area (Å²) < 4.78 is 10.8. The van der Waals surface area contributed by atoms with Gasteiger partial charge in [-0.05, 0) is 51.0 Å². The molecule has 0 unspecified atom stereocenters. The van der Waals surface area contributed by atoms with E-state index in [4.69, 9.17) is 9.47 Å². The van der Waals surface area contributed by atoms with E-state index in [9.17, 15) is 4.79 Å². The lowest BCUT2D eigenvalue weighted by atomic mass is 9.96. The topological polar surface area (TPSA) is 76.6 Å². The van der Waals surface area contributed by atoms with Crippen LogP contribution in [-0.2, 0) is 4.79 Å². The fourth-order valence-corrected chi connectivity index (χ4v) is 3.07. The highest BCUT2D eigenvalue weighted by Crippen LogP contribution is 2.24. The Morgan fingerprint density at radius 3 is 2.52 bits per heavy atom. The predicted molar refractivity (Wildman–Crippen MR) is 104 cm³/mol. The number of carbonyl (C=O) groups is 1. The van der Waals surface area contributed by atoms with Gasteiger partial charge in [-0.1, -0.05) is 0 Å². The molecule has 1 saturated heterocycles. The molecule has 7 nitrogen and oxygen atoms in total. The molecular formula is C20H26N4O3. The van der Waals surface area contributed by atoms with Crippen molar-refractivity contribution >= 4 is 17.5 Å². The summed E-state index contributed by atoms with van der Waals surface area (Å²) in [5, 5.41) is 3.00. The Labute approximate surface area is 159 Å². The maximum absolute atomic E-state index is 12.6. The summed E-state index contributed by atoms with van der Waals surface area (Å²) in [6.07, 6.45) is 3.35. The van der Waals surface area contributed by atoms with Crippen LogP contribution < -0.4 is 19.7 Å². The van der Waals surface area contributed by atoms with Crippen LogP contribution in [0.4, 0.5) is 11.6 Å². The number of aromatic nitrogens is 2. The Morgan fingerprint density at radius 2 is 1.89 bits per heavy atom. The number of hydrogen-bond acceptors (Lipinski definition) is 6. The fraction of sp³-hybridized carbons (Fsp3) is 0.450. The number of ether oxygens (including phenoxy) is 2. The van der Waals surface area contributed by atoms with Crippen molar-refractivity contribution in [1.82, 2.24) is 9.97 Å². The maximum atomic E-state index is 12.6. The maximum Gasteiger partial charge on any atom is 0.228 e. The zero-order valence-electron chi connectivity index (χ0n) is 16.0. The van der Waals surface area contributed by atoms with E-state index >= 15 is 0 Å². The molecule has 0 saturated carbocycles. The lowest BCUT2D eigenvalue weighted by Crippen LogP contribution is -2.39. The van der Waals surface area contributed by atoms with E-state index in [0.717, 1.165) is 37.4 Å². The zero-order valence-corrected chi connectivity index (χ0v) is 16.0. The minimum atomic E-state index is -0.0153. The van der Waals surface area contributed by atoms with Gasteiger partial charge in [-0.3, -0.25) is 4.79 Å². The monoisotopic (exact) mass is 370 g/mol. The molecule has 1 aliphatic heterocycles. The Balaban J connectivity index is 1.52. The molecule has 0 atom stereocenters. The Morgan fingerprint density at radius 1 is 1.19 bits per heavy atom. The lowest BCUT2D eigenvalue weighted by Gasteiger charge is -2.31. The van der Waals surface area contributed by atoms with Crippen molar-refractivity contribution in [3.05, 3.63) is 36.5 Å². The van der Waals surface area contributed by atoms with Crippen LogP contribution in [0.2, 0.25) is 0 Å². The molecule has 0 spiro atoms. The van der Waals surface area contributed by atoms with Crippen molar-refractivity contribution in [1.29, 1.82) is 0 Å². The third-order valence-corrected chi connectivity index (χ3v) is 4.47. The number of anilines is 2. The molecular weight excluding hydrogens is 344 g/mol. The third kappa shape index (κ3) is 5.09. The highest BCUT2D eigenvalue weighted by Gasteiger charge is 2.26. The van der Waals surface area contributed by atoms with Crippen LogP contribution in [0.1, 0.15) is 26.7 Å². The summed E-state index contributed by atoms with van der Waals surface area (Å²) in [5.74, 6) is 2.03. The number of amides is 1. The largest absolute Gasteiger partial charge is 0.491 e. The van der Waals surface area contributed by atoms with Crippen LogP contribution in [0.5, 0.6) is 11.6 Å².